The Balaban J connectivity index is 1.41. The molecule has 5 aromatic rings. The lowest BCUT2D eigenvalue weighted by molar-refractivity contribution is -0.217. The SMILES string of the molecule is CO[C@@H]1[C@@H](n2cc(-c3cc(F)c(Br)c(F)c3)nn2)[C@@H](O)[C@@H](CO)O[C@H]1c1nc(C)nn1-c1ccc2ncsc2c1. The van der Waals surface area contributed by atoms with Crippen molar-refractivity contribution in [2.75, 3.05) is 13.7 Å². The third kappa shape index (κ3) is 4.61. The van der Waals surface area contributed by atoms with E-state index in [-0.39, 0.29) is 15.7 Å². The fraction of sp³-hybridized carbons (Fsp3) is 0.320. The summed E-state index contributed by atoms with van der Waals surface area (Å²) < 4.78 is 44.0. The van der Waals surface area contributed by atoms with Crippen molar-refractivity contribution < 1.29 is 28.5 Å². The van der Waals surface area contributed by atoms with Crippen LogP contribution in [0.1, 0.15) is 23.8 Å². The maximum atomic E-state index is 14.2. The molecule has 3 aromatic heterocycles. The highest BCUT2D eigenvalue weighted by molar-refractivity contribution is 9.10. The van der Waals surface area contributed by atoms with Gasteiger partial charge in [-0.3, -0.25) is 0 Å². The minimum absolute atomic E-state index is 0.157. The van der Waals surface area contributed by atoms with Crippen LogP contribution in [0.2, 0.25) is 0 Å². The van der Waals surface area contributed by atoms with Crippen LogP contribution in [0, 0.1) is 18.6 Å². The maximum Gasteiger partial charge on any atom is 0.164 e. The number of methoxy groups -OCH3 is 1. The molecule has 40 heavy (non-hydrogen) atoms. The molecule has 5 atom stereocenters. The predicted molar refractivity (Wildman–Crippen MR) is 143 cm³/mol. The Kier molecular flexibility index (Phi) is 7.18. The first-order chi connectivity index (χ1) is 19.3. The summed E-state index contributed by atoms with van der Waals surface area (Å²) in [6.45, 7) is 1.24. The van der Waals surface area contributed by atoms with Crippen molar-refractivity contribution >= 4 is 37.5 Å². The summed E-state index contributed by atoms with van der Waals surface area (Å²) in [5.74, 6) is -0.724. The number of hydrogen-bond donors (Lipinski definition) is 2. The number of aryl methyl sites for hydroxylation is 1. The number of aliphatic hydroxyl groups excluding tert-OH is 2. The van der Waals surface area contributed by atoms with Gasteiger partial charge in [0.25, 0.3) is 0 Å². The summed E-state index contributed by atoms with van der Waals surface area (Å²) in [6, 6.07) is 7.01. The zero-order valence-corrected chi connectivity index (χ0v) is 23.4. The molecular formula is C25H22BrF2N7O4S. The molecule has 2 aromatic carbocycles. The lowest BCUT2D eigenvalue weighted by Gasteiger charge is -2.43. The number of aromatic nitrogens is 7. The van der Waals surface area contributed by atoms with E-state index < -0.39 is 48.7 Å². The van der Waals surface area contributed by atoms with Crippen LogP contribution >= 0.6 is 27.3 Å². The van der Waals surface area contributed by atoms with Crippen molar-refractivity contribution in [3.8, 4) is 16.9 Å². The average molecular weight is 634 g/mol. The van der Waals surface area contributed by atoms with Crippen LogP contribution in [0.3, 0.4) is 0 Å². The number of hydrogen-bond acceptors (Lipinski definition) is 10. The van der Waals surface area contributed by atoms with Crippen molar-refractivity contribution in [1.29, 1.82) is 0 Å². The molecule has 1 aliphatic rings. The highest BCUT2D eigenvalue weighted by Crippen LogP contribution is 2.40. The largest absolute Gasteiger partial charge is 0.394 e. The van der Waals surface area contributed by atoms with E-state index in [4.69, 9.17) is 9.47 Å². The van der Waals surface area contributed by atoms with Gasteiger partial charge in [-0.25, -0.2) is 28.1 Å². The number of benzene rings is 2. The summed E-state index contributed by atoms with van der Waals surface area (Å²) >= 11 is 4.35. The van der Waals surface area contributed by atoms with Crippen LogP contribution in [0.25, 0.3) is 27.2 Å². The molecule has 0 spiro atoms. The zero-order chi connectivity index (χ0) is 28.1. The van der Waals surface area contributed by atoms with Gasteiger partial charge >= 0.3 is 0 Å². The van der Waals surface area contributed by atoms with Gasteiger partial charge in [-0.05, 0) is 53.2 Å². The monoisotopic (exact) mass is 633 g/mol. The molecule has 0 aliphatic carbocycles. The minimum Gasteiger partial charge on any atom is -0.394 e. The number of fused-ring (bicyclic) bond motifs is 1. The fourth-order valence-corrected chi connectivity index (χ4v) is 5.85. The zero-order valence-electron chi connectivity index (χ0n) is 21.0. The van der Waals surface area contributed by atoms with Crippen LogP contribution in [0.5, 0.6) is 0 Å². The summed E-state index contributed by atoms with van der Waals surface area (Å²) in [6.07, 6.45) is -2.63. The molecule has 4 heterocycles. The second-order valence-corrected chi connectivity index (χ2v) is 10.9. The number of aliphatic hydroxyl groups is 2. The van der Waals surface area contributed by atoms with Gasteiger partial charge in [0, 0.05) is 12.7 Å². The highest BCUT2D eigenvalue weighted by atomic mass is 79.9. The molecule has 11 nitrogen and oxygen atoms in total. The van der Waals surface area contributed by atoms with E-state index in [0.717, 1.165) is 28.0 Å². The molecule has 0 bridgehead atoms. The molecule has 15 heteroatoms. The normalized spacial score (nSPS) is 23.2. The number of halogens is 3. The Morgan fingerprint density at radius 3 is 2.70 bits per heavy atom. The van der Waals surface area contributed by atoms with E-state index in [1.807, 2.05) is 18.2 Å². The smallest absolute Gasteiger partial charge is 0.164 e. The average Bonchev–Trinajstić information content (AvgIpc) is 3.70. The Hall–Kier alpha value is -3.21. The molecule has 0 saturated carbocycles. The summed E-state index contributed by atoms with van der Waals surface area (Å²) in [7, 11) is 1.45. The topological polar surface area (TPSA) is 133 Å². The number of rotatable bonds is 6. The first-order valence-corrected chi connectivity index (χ1v) is 13.8. The van der Waals surface area contributed by atoms with Gasteiger partial charge < -0.3 is 19.7 Å². The number of nitrogens with zero attached hydrogens (tertiary/aromatic N) is 7. The summed E-state index contributed by atoms with van der Waals surface area (Å²) in [4.78, 5) is 8.94. The van der Waals surface area contributed by atoms with Crippen LogP contribution in [-0.4, -0.2) is 77.0 Å². The molecule has 0 unspecified atom stereocenters. The molecule has 0 amide bonds. The van der Waals surface area contributed by atoms with Gasteiger partial charge in [-0.2, -0.15) is 5.10 Å². The Morgan fingerprint density at radius 2 is 1.98 bits per heavy atom. The van der Waals surface area contributed by atoms with E-state index in [0.29, 0.717) is 11.6 Å². The minimum atomic E-state index is -1.27. The van der Waals surface area contributed by atoms with Gasteiger partial charge in [0.1, 0.15) is 53.6 Å². The highest BCUT2D eigenvalue weighted by Gasteiger charge is 2.49. The van der Waals surface area contributed by atoms with Crippen LogP contribution in [-0.2, 0) is 9.47 Å². The molecule has 1 fully saturated rings. The third-order valence-corrected chi connectivity index (χ3v) is 8.34. The second kappa shape index (κ2) is 10.6. The van der Waals surface area contributed by atoms with E-state index in [9.17, 15) is 19.0 Å². The van der Waals surface area contributed by atoms with Gasteiger partial charge in [-0.1, -0.05) is 5.21 Å². The summed E-state index contributed by atoms with van der Waals surface area (Å²) in [5.41, 5.74) is 3.66. The standard InChI is InChI=1S/C25H22BrF2N7O4S/c1-11-30-25(35(32-11)13-3-4-16-19(7-13)40-10-29-16)24-23(38-2)21(22(37)18(9-36)39-24)34-8-17(31-33-34)12-5-14(27)20(26)15(28)6-12/h3-8,10,18,21-24,36-37H,9H2,1-2H3/t18-,21+,22+,23-,24-/m1/s1. The van der Waals surface area contributed by atoms with Crippen molar-refractivity contribution in [3.05, 3.63) is 69.8 Å². The maximum absolute atomic E-state index is 14.2. The van der Waals surface area contributed by atoms with Crippen LogP contribution in [0.15, 0.2) is 46.5 Å². The van der Waals surface area contributed by atoms with Crippen molar-refractivity contribution in [3.63, 3.8) is 0 Å². The first-order valence-electron chi connectivity index (χ1n) is 12.1. The van der Waals surface area contributed by atoms with Crippen molar-refractivity contribution in [1.82, 2.24) is 34.7 Å². The first kappa shape index (κ1) is 27.0. The third-order valence-electron chi connectivity index (χ3n) is 6.79. The Labute approximate surface area is 238 Å². The van der Waals surface area contributed by atoms with E-state index in [2.05, 4.69) is 41.3 Å². The molecule has 2 N–H and O–H groups in total. The van der Waals surface area contributed by atoms with Gasteiger partial charge in [0.15, 0.2) is 5.82 Å². The Bertz CT molecular complexity index is 1670. The summed E-state index contributed by atoms with van der Waals surface area (Å²) in [5, 5.41) is 34.1. The Morgan fingerprint density at radius 1 is 1.20 bits per heavy atom. The molecule has 0 radical (unpaired) electrons. The van der Waals surface area contributed by atoms with E-state index in [1.54, 1.807) is 17.1 Å². The van der Waals surface area contributed by atoms with Crippen LogP contribution in [0.4, 0.5) is 8.78 Å². The number of ether oxygens (including phenoxy) is 2. The van der Waals surface area contributed by atoms with E-state index in [1.165, 1.54) is 29.3 Å². The molecule has 208 valence electrons. The molecule has 1 saturated heterocycles. The molecule has 6 rings (SSSR count). The second-order valence-electron chi connectivity index (χ2n) is 9.23. The van der Waals surface area contributed by atoms with Gasteiger partial charge in [0.2, 0.25) is 0 Å². The van der Waals surface area contributed by atoms with Gasteiger partial charge in [-0.15, -0.1) is 16.4 Å². The lowest BCUT2D eigenvalue weighted by Crippen LogP contribution is -2.53. The van der Waals surface area contributed by atoms with Crippen molar-refractivity contribution in [2.45, 2.75) is 37.4 Å². The van der Waals surface area contributed by atoms with E-state index >= 15 is 0 Å². The molecule has 1 aliphatic heterocycles. The quantitative estimate of drug-likeness (QED) is 0.269. The molecular weight excluding hydrogens is 612 g/mol. The van der Waals surface area contributed by atoms with Gasteiger partial charge in [0.05, 0.1) is 38.7 Å². The lowest BCUT2D eigenvalue weighted by atomic mass is 9.92. The predicted octanol–water partition coefficient (Wildman–Crippen LogP) is 3.53. The van der Waals surface area contributed by atoms with Crippen molar-refractivity contribution in [2.24, 2.45) is 0 Å². The number of thiazole rings is 1. The van der Waals surface area contributed by atoms with Crippen LogP contribution < -0.4 is 0 Å². The fourth-order valence-electron chi connectivity index (χ4n) is 4.91.